The number of hydrogen-bond donors (Lipinski definition) is 2. The lowest BCUT2D eigenvalue weighted by Gasteiger charge is -2.22. The maximum atomic E-state index is 11.1. The first-order valence-electron chi connectivity index (χ1n) is 7.54. The summed E-state index contributed by atoms with van der Waals surface area (Å²) >= 11 is 6.02. The van der Waals surface area contributed by atoms with E-state index < -0.39 is 5.91 Å². The third-order valence-electron chi connectivity index (χ3n) is 3.57. The number of benzene rings is 2. The molecule has 0 bridgehead atoms. The molecule has 0 saturated carbocycles. The Morgan fingerprint density at radius 1 is 1.21 bits per heavy atom. The van der Waals surface area contributed by atoms with Crippen LogP contribution >= 0.6 is 11.6 Å². The number of rotatable bonds is 5. The smallest absolute Gasteiger partial charge is 0.248 e. The molecule has 0 unspecified atom stereocenters. The summed E-state index contributed by atoms with van der Waals surface area (Å²) in [6.45, 7) is 1.30. The SMILES string of the molecule is CN=C(NCc1ccc(C(N)=O)cc1)N(C)Cc1cccc(Cl)c1. The Morgan fingerprint density at radius 2 is 1.92 bits per heavy atom. The van der Waals surface area contributed by atoms with Crippen LogP contribution in [0.1, 0.15) is 21.5 Å². The van der Waals surface area contributed by atoms with Gasteiger partial charge in [0.1, 0.15) is 0 Å². The molecule has 2 rings (SSSR count). The molecule has 5 nitrogen and oxygen atoms in total. The third-order valence-corrected chi connectivity index (χ3v) is 3.81. The molecule has 6 heteroatoms. The average molecular weight is 345 g/mol. The normalized spacial score (nSPS) is 11.2. The Morgan fingerprint density at radius 3 is 2.50 bits per heavy atom. The van der Waals surface area contributed by atoms with E-state index in [1.54, 1.807) is 19.2 Å². The van der Waals surface area contributed by atoms with E-state index >= 15 is 0 Å². The molecule has 0 atom stereocenters. The van der Waals surface area contributed by atoms with Gasteiger partial charge < -0.3 is 16.0 Å². The van der Waals surface area contributed by atoms with Crippen LogP contribution in [0, 0.1) is 0 Å². The fraction of sp³-hybridized carbons (Fsp3) is 0.222. The van der Waals surface area contributed by atoms with Gasteiger partial charge in [-0.05, 0) is 35.4 Å². The second-order valence-electron chi connectivity index (χ2n) is 5.45. The number of nitrogens with zero attached hydrogens (tertiary/aromatic N) is 2. The zero-order valence-electron chi connectivity index (χ0n) is 13.8. The highest BCUT2D eigenvalue weighted by Gasteiger charge is 2.07. The van der Waals surface area contributed by atoms with Crippen molar-refractivity contribution in [1.82, 2.24) is 10.2 Å². The summed E-state index contributed by atoms with van der Waals surface area (Å²) in [5.41, 5.74) is 7.89. The van der Waals surface area contributed by atoms with E-state index in [4.69, 9.17) is 17.3 Å². The molecule has 1 amide bonds. The van der Waals surface area contributed by atoms with Crippen LogP contribution in [0.5, 0.6) is 0 Å². The fourth-order valence-corrected chi connectivity index (χ4v) is 2.55. The second-order valence-corrected chi connectivity index (χ2v) is 5.88. The predicted octanol–water partition coefficient (Wildman–Crippen LogP) is 2.65. The number of carbonyl (C=O) groups excluding carboxylic acids is 1. The van der Waals surface area contributed by atoms with E-state index in [0.29, 0.717) is 18.7 Å². The summed E-state index contributed by atoms with van der Waals surface area (Å²) in [5, 5.41) is 4.02. The fourth-order valence-electron chi connectivity index (χ4n) is 2.34. The quantitative estimate of drug-likeness (QED) is 0.647. The Labute approximate surface area is 147 Å². The van der Waals surface area contributed by atoms with Crippen LogP contribution in [0.15, 0.2) is 53.5 Å². The molecular formula is C18H21ClN4O. The van der Waals surface area contributed by atoms with Gasteiger partial charge in [0.25, 0.3) is 0 Å². The van der Waals surface area contributed by atoms with Crippen molar-refractivity contribution in [3.05, 3.63) is 70.2 Å². The molecule has 0 aliphatic rings. The lowest BCUT2D eigenvalue weighted by molar-refractivity contribution is 0.100. The number of nitrogens with two attached hydrogens (primary N) is 1. The first-order valence-corrected chi connectivity index (χ1v) is 7.92. The maximum Gasteiger partial charge on any atom is 0.248 e. The van der Waals surface area contributed by atoms with Gasteiger partial charge >= 0.3 is 0 Å². The molecule has 0 heterocycles. The number of guanidine groups is 1. The maximum absolute atomic E-state index is 11.1. The number of primary amides is 1. The second kappa shape index (κ2) is 8.36. The van der Waals surface area contributed by atoms with Gasteiger partial charge in [-0.25, -0.2) is 0 Å². The molecule has 2 aromatic carbocycles. The summed E-state index contributed by atoms with van der Waals surface area (Å²) in [6.07, 6.45) is 0. The van der Waals surface area contributed by atoms with E-state index in [9.17, 15) is 4.79 Å². The van der Waals surface area contributed by atoms with Crippen molar-refractivity contribution in [2.45, 2.75) is 13.1 Å². The number of hydrogen-bond acceptors (Lipinski definition) is 2. The topological polar surface area (TPSA) is 70.7 Å². The van der Waals surface area contributed by atoms with Gasteiger partial charge in [-0.15, -0.1) is 0 Å². The van der Waals surface area contributed by atoms with Gasteiger partial charge in [0.15, 0.2) is 5.96 Å². The molecule has 3 N–H and O–H groups in total. The van der Waals surface area contributed by atoms with Crippen molar-refractivity contribution in [2.24, 2.45) is 10.7 Å². The number of halogens is 1. The van der Waals surface area contributed by atoms with Gasteiger partial charge in [0.2, 0.25) is 5.91 Å². The Hall–Kier alpha value is -2.53. The number of carbonyl (C=O) groups is 1. The number of aliphatic imine (C=N–C) groups is 1. The van der Waals surface area contributed by atoms with Crippen LogP contribution in [-0.4, -0.2) is 30.9 Å². The van der Waals surface area contributed by atoms with Crippen LogP contribution in [0.4, 0.5) is 0 Å². The van der Waals surface area contributed by atoms with Crippen LogP contribution < -0.4 is 11.1 Å². The van der Waals surface area contributed by atoms with Gasteiger partial charge in [-0.3, -0.25) is 9.79 Å². The molecule has 2 aromatic rings. The zero-order chi connectivity index (χ0) is 17.5. The Bertz CT molecular complexity index is 728. The van der Waals surface area contributed by atoms with Crippen molar-refractivity contribution in [2.75, 3.05) is 14.1 Å². The van der Waals surface area contributed by atoms with Crippen molar-refractivity contribution in [1.29, 1.82) is 0 Å². The monoisotopic (exact) mass is 344 g/mol. The minimum atomic E-state index is -0.424. The summed E-state index contributed by atoms with van der Waals surface area (Å²) in [7, 11) is 3.71. The molecular weight excluding hydrogens is 324 g/mol. The van der Waals surface area contributed by atoms with E-state index in [-0.39, 0.29) is 0 Å². The van der Waals surface area contributed by atoms with Crippen LogP contribution in [-0.2, 0) is 13.1 Å². The van der Waals surface area contributed by atoms with Crippen LogP contribution in [0.3, 0.4) is 0 Å². The van der Waals surface area contributed by atoms with Crippen molar-refractivity contribution >= 4 is 23.5 Å². The summed E-state index contributed by atoms with van der Waals surface area (Å²) < 4.78 is 0. The molecule has 0 radical (unpaired) electrons. The molecule has 24 heavy (non-hydrogen) atoms. The van der Waals surface area contributed by atoms with E-state index in [1.807, 2.05) is 48.3 Å². The zero-order valence-corrected chi connectivity index (χ0v) is 14.5. The molecule has 0 aromatic heterocycles. The summed E-state index contributed by atoms with van der Waals surface area (Å²) in [5.74, 6) is 0.348. The number of amides is 1. The molecule has 0 spiro atoms. The minimum absolute atomic E-state index is 0.424. The van der Waals surface area contributed by atoms with Gasteiger partial charge in [-0.2, -0.15) is 0 Å². The molecule has 0 aliphatic carbocycles. The van der Waals surface area contributed by atoms with E-state index in [0.717, 1.165) is 22.1 Å². The standard InChI is InChI=1S/C18H21ClN4O/c1-21-18(23(2)12-14-4-3-5-16(19)10-14)22-11-13-6-8-15(9-7-13)17(20)24/h3-10H,11-12H2,1-2H3,(H2,20,24)(H,21,22). The van der Waals surface area contributed by atoms with Crippen molar-refractivity contribution in [3.8, 4) is 0 Å². The summed E-state index contributed by atoms with van der Waals surface area (Å²) in [6, 6.07) is 14.9. The highest BCUT2D eigenvalue weighted by atomic mass is 35.5. The average Bonchev–Trinajstić information content (AvgIpc) is 2.56. The van der Waals surface area contributed by atoms with Gasteiger partial charge in [0.05, 0.1) is 0 Å². The first kappa shape index (κ1) is 17.8. The lowest BCUT2D eigenvalue weighted by Crippen LogP contribution is -2.38. The molecule has 126 valence electrons. The third kappa shape index (κ3) is 4.99. The van der Waals surface area contributed by atoms with E-state index in [1.165, 1.54) is 0 Å². The van der Waals surface area contributed by atoms with Gasteiger partial charge in [0, 0.05) is 37.8 Å². The molecule has 0 aliphatic heterocycles. The van der Waals surface area contributed by atoms with Crippen molar-refractivity contribution < 1.29 is 4.79 Å². The minimum Gasteiger partial charge on any atom is -0.366 e. The van der Waals surface area contributed by atoms with Gasteiger partial charge in [-0.1, -0.05) is 35.9 Å². The summed E-state index contributed by atoms with van der Waals surface area (Å²) in [4.78, 5) is 17.4. The largest absolute Gasteiger partial charge is 0.366 e. The predicted molar refractivity (Wildman–Crippen MR) is 98.1 cm³/mol. The Kier molecular flexibility index (Phi) is 6.21. The molecule has 0 fully saturated rings. The van der Waals surface area contributed by atoms with Crippen LogP contribution in [0.2, 0.25) is 5.02 Å². The number of nitrogens with one attached hydrogen (secondary N) is 1. The lowest BCUT2D eigenvalue weighted by atomic mass is 10.1. The van der Waals surface area contributed by atoms with Crippen LogP contribution in [0.25, 0.3) is 0 Å². The highest BCUT2D eigenvalue weighted by molar-refractivity contribution is 6.30. The molecule has 0 saturated heterocycles. The van der Waals surface area contributed by atoms with Crippen molar-refractivity contribution in [3.63, 3.8) is 0 Å². The van der Waals surface area contributed by atoms with E-state index in [2.05, 4.69) is 10.3 Å². The first-order chi connectivity index (χ1) is 11.5. The Balaban J connectivity index is 1.95. The highest BCUT2D eigenvalue weighted by Crippen LogP contribution is 2.12.